The minimum Gasteiger partial charge on any atom is -0.473 e. The SMILES string of the molecule is c1ccc(-n2nc(OC3CCNCC3)c3ccccc32)cc1. The van der Waals surface area contributed by atoms with Gasteiger partial charge >= 0.3 is 0 Å². The summed E-state index contributed by atoms with van der Waals surface area (Å²) < 4.78 is 8.16. The fourth-order valence-electron chi connectivity index (χ4n) is 2.96. The Morgan fingerprint density at radius 2 is 1.68 bits per heavy atom. The average Bonchev–Trinajstić information content (AvgIpc) is 2.96. The monoisotopic (exact) mass is 293 g/mol. The second-order valence-corrected chi connectivity index (χ2v) is 5.64. The molecular weight excluding hydrogens is 274 g/mol. The average molecular weight is 293 g/mol. The van der Waals surface area contributed by atoms with E-state index in [4.69, 9.17) is 9.84 Å². The standard InChI is InChI=1S/C18H19N3O/c1-2-6-14(7-3-1)21-17-9-5-4-8-16(17)18(20-21)22-15-10-12-19-13-11-15/h1-9,15,19H,10-13H2. The molecule has 4 nitrogen and oxygen atoms in total. The van der Waals surface area contributed by atoms with E-state index >= 15 is 0 Å². The molecule has 2 heterocycles. The number of rotatable bonds is 3. The van der Waals surface area contributed by atoms with E-state index in [1.54, 1.807) is 0 Å². The Bertz CT molecular complexity index is 760. The first kappa shape index (κ1) is 13.3. The van der Waals surface area contributed by atoms with Crippen LogP contribution < -0.4 is 10.1 Å². The largest absolute Gasteiger partial charge is 0.473 e. The Labute approximate surface area is 129 Å². The highest BCUT2D eigenvalue weighted by Gasteiger charge is 2.19. The minimum atomic E-state index is 0.253. The molecule has 1 aliphatic heterocycles. The number of piperidine rings is 1. The summed E-state index contributed by atoms with van der Waals surface area (Å²) in [5, 5.41) is 9.16. The lowest BCUT2D eigenvalue weighted by molar-refractivity contribution is 0.157. The maximum Gasteiger partial charge on any atom is 0.241 e. The van der Waals surface area contributed by atoms with Gasteiger partial charge in [0.15, 0.2) is 0 Å². The summed E-state index contributed by atoms with van der Waals surface area (Å²) >= 11 is 0. The van der Waals surface area contributed by atoms with Crippen molar-refractivity contribution in [2.75, 3.05) is 13.1 Å². The molecule has 0 saturated carbocycles. The van der Waals surface area contributed by atoms with Crippen molar-refractivity contribution in [1.82, 2.24) is 15.1 Å². The smallest absolute Gasteiger partial charge is 0.241 e. The number of hydrogen-bond acceptors (Lipinski definition) is 3. The van der Waals surface area contributed by atoms with Crippen LogP contribution in [0.2, 0.25) is 0 Å². The molecule has 1 N–H and O–H groups in total. The molecule has 0 amide bonds. The molecule has 0 unspecified atom stereocenters. The maximum absolute atomic E-state index is 6.20. The molecule has 4 rings (SSSR count). The molecule has 1 fully saturated rings. The van der Waals surface area contributed by atoms with Gasteiger partial charge in [-0.15, -0.1) is 5.10 Å². The van der Waals surface area contributed by atoms with Crippen LogP contribution in [0.25, 0.3) is 16.6 Å². The second-order valence-electron chi connectivity index (χ2n) is 5.64. The van der Waals surface area contributed by atoms with Crippen LogP contribution >= 0.6 is 0 Å². The molecule has 22 heavy (non-hydrogen) atoms. The summed E-state index contributed by atoms with van der Waals surface area (Å²) in [6.07, 6.45) is 2.32. The van der Waals surface area contributed by atoms with Gasteiger partial charge in [-0.05, 0) is 50.2 Å². The van der Waals surface area contributed by atoms with E-state index in [9.17, 15) is 0 Å². The molecular formula is C18H19N3O. The molecule has 3 aromatic rings. The molecule has 0 bridgehead atoms. The summed E-state index contributed by atoms with van der Waals surface area (Å²) in [5.74, 6) is 0.742. The van der Waals surface area contributed by atoms with Gasteiger partial charge in [-0.1, -0.05) is 30.3 Å². The van der Waals surface area contributed by atoms with Crippen molar-refractivity contribution in [3.8, 4) is 11.6 Å². The van der Waals surface area contributed by atoms with Crippen molar-refractivity contribution < 1.29 is 4.74 Å². The summed E-state index contributed by atoms with van der Waals surface area (Å²) in [6, 6.07) is 18.4. The van der Waals surface area contributed by atoms with Crippen LogP contribution in [0.1, 0.15) is 12.8 Å². The van der Waals surface area contributed by atoms with Gasteiger partial charge in [-0.25, -0.2) is 4.68 Å². The van der Waals surface area contributed by atoms with Gasteiger partial charge in [0.1, 0.15) is 6.10 Å². The zero-order valence-corrected chi connectivity index (χ0v) is 12.4. The van der Waals surface area contributed by atoms with E-state index in [2.05, 4.69) is 29.6 Å². The number of fused-ring (bicyclic) bond motifs is 1. The highest BCUT2D eigenvalue weighted by atomic mass is 16.5. The van der Waals surface area contributed by atoms with E-state index in [1.807, 2.05) is 35.0 Å². The molecule has 0 aliphatic carbocycles. The Hall–Kier alpha value is -2.33. The third kappa shape index (κ3) is 2.46. The number of nitrogens with zero attached hydrogens (tertiary/aromatic N) is 2. The Kier molecular flexibility index (Phi) is 3.52. The number of aromatic nitrogens is 2. The first-order valence-corrected chi connectivity index (χ1v) is 7.82. The van der Waals surface area contributed by atoms with E-state index in [1.165, 1.54) is 0 Å². The van der Waals surface area contributed by atoms with E-state index < -0.39 is 0 Å². The van der Waals surface area contributed by atoms with E-state index in [-0.39, 0.29) is 6.10 Å². The topological polar surface area (TPSA) is 39.1 Å². The highest BCUT2D eigenvalue weighted by Crippen LogP contribution is 2.28. The van der Waals surface area contributed by atoms with Gasteiger partial charge in [0.25, 0.3) is 0 Å². The Morgan fingerprint density at radius 3 is 2.50 bits per heavy atom. The third-order valence-electron chi connectivity index (χ3n) is 4.12. The zero-order chi connectivity index (χ0) is 14.8. The highest BCUT2D eigenvalue weighted by molar-refractivity contribution is 5.85. The summed E-state index contributed by atoms with van der Waals surface area (Å²) in [4.78, 5) is 0. The van der Waals surface area contributed by atoms with Crippen molar-refractivity contribution in [3.05, 3.63) is 54.6 Å². The normalized spacial score (nSPS) is 16.0. The summed E-state index contributed by atoms with van der Waals surface area (Å²) in [5.41, 5.74) is 2.14. The lowest BCUT2D eigenvalue weighted by Crippen LogP contribution is -2.34. The molecule has 1 saturated heterocycles. The van der Waals surface area contributed by atoms with Crippen LogP contribution in [-0.2, 0) is 0 Å². The van der Waals surface area contributed by atoms with Gasteiger partial charge in [-0.2, -0.15) is 0 Å². The zero-order valence-electron chi connectivity index (χ0n) is 12.4. The molecule has 1 aliphatic rings. The number of nitrogens with one attached hydrogen (secondary N) is 1. The first-order valence-electron chi connectivity index (χ1n) is 7.82. The first-order chi connectivity index (χ1) is 10.9. The van der Waals surface area contributed by atoms with Crippen molar-refractivity contribution in [2.45, 2.75) is 18.9 Å². The maximum atomic E-state index is 6.20. The predicted molar refractivity (Wildman–Crippen MR) is 87.6 cm³/mol. The lowest BCUT2D eigenvalue weighted by atomic mass is 10.1. The van der Waals surface area contributed by atoms with Crippen LogP contribution in [0.15, 0.2) is 54.6 Å². The molecule has 4 heteroatoms. The van der Waals surface area contributed by atoms with Crippen molar-refractivity contribution in [2.24, 2.45) is 0 Å². The molecule has 2 aromatic carbocycles. The van der Waals surface area contributed by atoms with Crippen LogP contribution in [0, 0.1) is 0 Å². The fraction of sp³-hybridized carbons (Fsp3) is 0.278. The second kappa shape index (κ2) is 5.81. The van der Waals surface area contributed by atoms with Crippen LogP contribution in [0.5, 0.6) is 5.88 Å². The van der Waals surface area contributed by atoms with Crippen LogP contribution in [0.3, 0.4) is 0 Å². The number of ether oxygens (including phenoxy) is 1. The molecule has 0 spiro atoms. The van der Waals surface area contributed by atoms with Gasteiger partial charge in [-0.3, -0.25) is 0 Å². The molecule has 112 valence electrons. The number of benzene rings is 2. The van der Waals surface area contributed by atoms with Gasteiger partial charge < -0.3 is 10.1 Å². The van der Waals surface area contributed by atoms with Crippen molar-refractivity contribution >= 4 is 10.9 Å². The molecule has 0 radical (unpaired) electrons. The third-order valence-corrected chi connectivity index (χ3v) is 4.12. The van der Waals surface area contributed by atoms with E-state index in [0.717, 1.165) is 48.4 Å². The quantitative estimate of drug-likeness (QED) is 0.806. The lowest BCUT2D eigenvalue weighted by Gasteiger charge is -2.22. The minimum absolute atomic E-state index is 0.253. The fourth-order valence-corrected chi connectivity index (χ4v) is 2.96. The van der Waals surface area contributed by atoms with Gasteiger partial charge in [0, 0.05) is 0 Å². The Morgan fingerprint density at radius 1 is 0.955 bits per heavy atom. The van der Waals surface area contributed by atoms with Gasteiger partial charge in [0.2, 0.25) is 5.88 Å². The molecule has 0 atom stereocenters. The van der Waals surface area contributed by atoms with Crippen LogP contribution in [-0.4, -0.2) is 29.0 Å². The molecule has 1 aromatic heterocycles. The predicted octanol–water partition coefficient (Wildman–Crippen LogP) is 3.16. The van der Waals surface area contributed by atoms with Gasteiger partial charge in [0.05, 0.1) is 16.6 Å². The number of hydrogen-bond donors (Lipinski definition) is 1. The summed E-state index contributed by atoms with van der Waals surface area (Å²) in [6.45, 7) is 2.03. The summed E-state index contributed by atoms with van der Waals surface area (Å²) in [7, 11) is 0. The van der Waals surface area contributed by atoms with Crippen molar-refractivity contribution in [1.29, 1.82) is 0 Å². The Balaban J connectivity index is 1.75. The number of para-hydroxylation sites is 2. The van der Waals surface area contributed by atoms with Crippen LogP contribution in [0.4, 0.5) is 0 Å². The van der Waals surface area contributed by atoms with Crippen molar-refractivity contribution in [3.63, 3.8) is 0 Å². The van der Waals surface area contributed by atoms with E-state index in [0.29, 0.717) is 0 Å².